The molecule has 0 aromatic heterocycles. The van der Waals surface area contributed by atoms with Crippen LogP contribution in [0, 0.1) is 0 Å². The SMILES string of the molecule is COc1cc(-c2ccccc2N)ccc1Cc1ccc(N)cc1. The van der Waals surface area contributed by atoms with E-state index in [9.17, 15) is 0 Å². The van der Waals surface area contributed by atoms with Crippen LogP contribution in [0.15, 0.2) is 66.7 Å². The van der Waals surface area contributed by atoms with E-state index in [0.717, 1.165) is 40.2 Å². The Morgan fingerprint density at radius 1 is 0.870 bits per heavy atom. The van der Waals surface area contributed by atoms with Crippen LogP contribution in [-0.4, -0.2) is 7.11 Å². The summed E-state index contributed by atoms with van der Waals surface area (Å²) in [5.74, 6) is 0.863. The molecule has 23 heavy (non-hydrogen) atoms. The number of methoxy groups -OCH3 is 1. The third-order valence-corrected chi connectivity index (χ3v) is 3.93. The lowest BCUT2D eigenvalue weighted by Crippen LogP contribution is -1.96. The van der Waals surface area contributed by atoms with Crippen LogP contribution in [0.25, 0.3) is 11.1 Å². The van der Waals surface area contributed by atoms with Gasteiger partial charge in [0.2, 0.25) is 0 Å². The Morgan fingerprint density at radius 3 is 2.30 bits per heavy atom. The largest absolute Gasteiger partial charge is 0.496 e. The summed E-state index contributed by atoms with van der Waals surface area (Å²) in [6, 6.07) is 22.0. The second-order valence-corrected chi connectivity index (χ2v) is 5.53. The molecule has 0 amide bonds. The lowest BCUT2D eigenvalue weighted by atomic mass is 9.98. The molecule has 3 aromatic rings. The van der Waals surface area contributed by atoms with Gasteiger partial charge in [-0.2, -0.15) is 0 Å². The zero-order valence-electron chi connectivity index (χ0n) is 13.1. The standard InChI is InChI=1S/C20H20N2O/c1-23-20-13-15(18-4-2-3-5-19(18)22)8-9-16(20)12-14-6-10-17(21)11-7-14/h2-11,13H,12,21-22H2,1H3. The molecule has 3 aromatic carbocycles. The van der Waals surface area contributed by atoms with Crippen molar-refractivity contribution in [2.24, 2.45) is 0 Å². The first kappa shape index (κ1) is 15.0. The molecule has 0 spiro atoms. The van der Waals surface area contributed by atoms with Crippen molar-refractivity contribution in [2.45, 2.75) is 6.42 Å². The lowest BCUT2D eigenvalue weighted by molar-refractivity contribution is 0.411. The van der Waals surface area contributed by atoms with E-state index in [2.05, 4.69) is 12.1 Å². The highest BCUT2D eigenvalue weighted by Gasteiger charge is 2.08. The molecule has 3 rings (SSSR count). The van der Waals surface area contributed by atoms with Crippen LogP contribution >= 0.6 is 0 Å². The molecule has 0 fully saturated rings. The summed E-state index contributed by atoms with van der Waals surface area (Å²) in [4.78, 5) is 0. The molecule has 116 valence electrons. The highest BCUT2D eigenvalue weighted by Crippen LogP contribution is 2.31. The minimum absolute atomic E-state index is 0.765. The quantitative estimate of drug-likeness (QED) is 0.713. The van der Waals surface area contributed by atoms with E-state index in [1.54, 1.807) is 7.11 Å². The van der Waals surface area contributed by atoms with Gasteiger partial charge < -0.3 is 16.2 Å². The first-order valence-electron chi connectivity index (χ1n) is 7.53. The Hall–Kier alpha value is -2.94. The Balaban J connectivity index is 1.94. The first-order valence-corrected chi connectivity index (χ1v) is 7.53. The van der Waals surface area contributed by atoms with Gasteiger partial charge in [-0.3, -0.25) is 0 Å². The Morgan fingerprint density at radius 2 is 1.61 bits per heavy atom. The Kier molecular flexibility index (Phi) is 4.20. The van der Waals surface area contributed by atoms with E-state index < -0.39 is 0 Å². The summed E-state index contributed by atoms with van der Waals surface area (Å²) in [5.41, 5.74) is 17.8. The van der Waals surface area contributed by atoms with Crippen molar-refractivity contribution in [3.63, 3.8) is 0 Å². The number of hydrogen-bond donors (Lipinski definition) is 2. The zero-order chi connectivity index (χ0) is 16.2. The van der Waals surface area contributed by atoms with Crippen LogP contribution in [0.2, 0.25) is 0 Å². The van der Waals surface area contributed by atoms with Gasteiger partial charge in [0.15, 0.2) is 0 Å². The molecule has 0 bridgehead atoms. The number of rotatable bonds is 4. The number of para-hydroxylation sites is 1. The summed E-state index contributed by atoms with van der Waals surface area (Å²) in [6.07, 6.45) is 0.800. The van der Waals surface area contributed by atoms with Crippen molar-refractivity contribution in [2.75, 3.05) is 18.6 Å². The molecule has 3 nitrogen and oxygen atoms in total. The number of benzene rings is 3. The average molecular weight is 304 g/mol. The van der Waals surface area contributed by atoms with E-state index >= 15 is 0 Å². The van der Waals surface area contributed by atoms with Crippen LogP contribution in [0.1, 0.15) is 11.1 Å². The maximum Gasteiger partial charge on any atom is 0.123 e. The summed E-state index contributed by atoms with van der Waals surface area (Å²) in [6.45, 7) is 0. The Labute approximate surface area is 136 Å². The third kappa shape index (κ3) is 3.29. The molecule has 0 aliphatic carbocycles. The second-order valence-electron chi connectivity index (χ2n) is 5.53. The number of ether oxygens (including phenoxy) is 1. The van der Waals surface area contributed by atoms with E-state index in [0.29, 0.717) is 0 Å². The summed E-state index contributed by atoms with van der Waals surface area (Å²) < 4.78 is 5.58. The molecule has 0 saturated heterocycles. The average Bonchev–Trinajstić information content (AvgIpc) is 2.58. The van der Waals surface area contributed by atoms with Crippen molar-refractivity contribution in [1.82, 2.24) is 0 Å². The summed E-state index contributed by atoms with van der Waals surface area (Å²) in [5, 5.41) is 0. The van der Waals surface area contributed by atoms with Gasteiger partial charge in [0.05, 0.1) is 7.11 Å². The Bertz CT molecular complexity index is 810. The fourth-order valence-corrected chi connectivity index (χ4v) is 2.67. The van der Waals surface area contributed by atoms with Gasteiger partial charge in [0.25, 0.3) is 0 Å². The third-order valence-electron chi connectivity index (χ3n) is 3.93. The summed E-state index contributed by atoms with van der Waals surface area (Å²) in [7, 11) is 1.69. The van der Waals surface area contributed by atoms with Gasteiger partial charge in [-0.15, -0.1) is 0 Å². The van der Waals surface area contributed by atoms with E-state index in [4.69, 9.17) is 16.2 Å². The van der Waals surface area contributed by atoms with Crippen LogP contribution < -0.4 is 16.2 Å². The molecule has 0 atom stereocenters. The highest BCUT2D eigenvalue weighted by molar-refractivity contribution is 5.77. The lowest BCUT2D eigenvalue weighted by Gasteiger charge is -2.12. The minimum Gasteiger partial charge on any atom is -0.496 e. The maximum absolute atomic E-state index is 6.07. The molecule has 0 saturated carbocycles. The molecule has 4 N–H and O–H groups in total. The molecule has 0 aliphatic rings. The van der Waals surface area contributed by atoms with Crippen molar-refractivity contribution in [3.8, 4) is 16.9 Å². The zero-order valence-corrected chi connectivity index (χ0v) is 13.1. The van der Waals surface area contributed by atoms with Crippen LogP contribution in [0.3, 0.4) is 0 Å². The van der Waals surface area contributed by atoms with Crippen LogP contribution in [0.5, 0.6) is 5.75 Å². The van der Waals surface area contributed by atoms with E-state index in [1.165, 1.54) is 5.56 Å². The molecular weight excluding hydrogens is 284 g/mol. The number of nitrogen functional groups attached to an aromatic ring is 2. The molecule has 0 aliphatic heterocycles. The van der Waals surface area contributed by atoms with Gasteiger partial charge in [-0.1, -0.05) is 42.5 Å². The maximum atomic E-state index is 6.07. The first-order chi connectivity index (χ1) is 11.2. The van der Waals surface area contributed by atoms with Crippen molar-refractivity contribution in [1.29, 1.82) is 0 Å². The van der Waals surface area contributed by atoms with Crippen molar-refractivity contribution < 1.29 is 4.74 Å². The fourth-order valence-electron chi connectivity index (χ4n) is 2.67. The van der Waals surface area contributed by atoms with Crippen LogP contribution in [-0.2, 0) is 6.42 Å². The van der Waals surface area contributed by atoms with Gasteiger partial charge in [0.1, 0.15) is 5.75 Å². The normalized spacial score (nSPS) is 10.5. The van der Waals surface area contributed by atoms with Gasteiger partial charge >= 0.3 is 0 Å². The topological polar surface area (TPSA) is 61.3 Å². The molecule has 0 unspecified atom stereocenters. The van der Waals surface area contributed by atoms with Crippen molar-refractivity contribution in [3.05, 3.63) is 77.9 Å². The van der Waals surface area contributed by atoms with Gasteiger partial charge in [0, 0.05) is 23.4 Å². The molecule has 3 heteroatoms. The van der Waals surface area contributed by atoms with Crippen LogP contribution in [0.4, 0.5) is 11.4 Å². The molecular formula is C20H20N2O. The predicted molar refractivity (Wildman–Crippen MR) is 96.5 cm³/mol. The summed E-state index contributed by atoms with van der Waals surface area (Å²) >= 11 is 0. The number of hydrogen-bond acceptors (Lipinski definition) is 3. The molecule has 0 radical (unpaired) electrons. The smallest absolute Gasteiger partial charge is 0.123 e. The van der Waals surface area contributed by atoms with Gasteiger partial charge in [-0.05, 0) is 41.0 Å². The van der Waals surface area contributed by atoms with Gasteiger partial charge in [-0.25, -0.2) is 0 Å². The predicted octanol–water partition coefficient (Wildman–Crippen LogP) is 4.12. The minimum atomic E-state index is 0.765. The second kappa shape index (κ2) is 6.44. The molecule has 0 heterocycles. The number of nitrogens with two attached hydrogens (primary N) is 2. The fraction of sp³-hybridized carbons (Fsp3) is 0.100. The van der Waals surface area contributed by atoms with E-state index in [1.807, 2.05) is 54.6 Å². The number of anilines is 2. The monoisotopic (exact) mass is 304 g/mol. The van der Waals surface area contributed by atoms with E-state index in [-0.39, 0.29) is 0 Å². The van der Waals surface area contributed by atoms with Crippen molar-refractivity contribution >= 4 is 11.4 Å². The highest BCUT2D eigenvalue weighted by atomic mass is 16.5.